The molecule has 2 rings (SSSR count). The monoisotopic (exact) mass is 240 g/mol. The maximum atomic E-state index is 13.3. The van der Waals surface area contributed by atoms with Crippen LogP contribution in [0, 0.1) is 5.82 Å². The second-order valence-electron chi connectivity index (χ2n) is 2.95. The summed E-state index contributed by atoms with van der Waals surface area (Å²) in [6.07, 6.45) is 0. The van der Waals surface area contributed by atoms with Crippen molar-refractivity contribution in [3.8, 4) is 0 Å². The lowest BCUT2D eigenvalue weighted by atomic mass is 10.1. The smallest absolute Gasteiger partial charge is 0.196 e. The van der Waals surface area contributed by atoms with Crippen LogP contribution in [0.5, 0.6) is 0 Å². The molecule has 0 fully saturated rings. The van der Waals surface area contributed by atoms with Crippen molar-refractivity contribution in [3.05, 3.63) is 57.0 Å². The van der Waals surface area contributed by atoms with E-state index < -0.39 is 5.82 Å². The van der Waals surface area contributed by atoms with E-state index in [1.165, 1.54) is 23.5 Å². The Balaban J connectivity index is 2.41. The van der Waals surface area contributed by atoms with Gasteiger partial charge in [0.1, 0.15) is 5.82 Å². The SMILES string of the molecule is O=C(c1csc(Cl)c1)c1ccccc1F. The molecule has 0 unspecified atom stereocenters. The molecular weight excluding hydrogens is 235 g/mol. The summed E-state index contributed by atoms with van der Waals surface area (Å²) in [6, 6.07) is 7.45. The van der Waals surface area contributed by atoms with Gasteiger partial charge in [0.15, 0.2) is 5.78 Å². The molecule has 0 bridgehead atoms. The van der Waals surface area contributed by atoms with Crippen LogP contribution in [-0.2, 0) is 0 Å². The summed E-state index contributed by atoms with van der Waals surface area (Å²) in [5, 5.41) is 1.62. The predicted molar refractivity (Wildman–Crippen MR) is 59.2 cm³/mol. The number of rotatable bonds is 2. The van der Waals surface area contributed by atoms with Crippen LogP contribution >= 0.6 is 22.9 Å². The van der Waals surface area contributed by atoms with E-state index in [0.29, 0.717) is 9.90 Å². The molecule has 0 saturated heterocycles. The van der Waals surface area contributed by atoms with Gasteiger partial charge in [-0.1, -0.05) is 23.7 Å². The molecule has 1 heterocycles. The third-order valence-corrected chi connectivity index (χ3v) is 3.04. The Kier molecular flexibility index (Phi) is 2.84. The average Bonchev–Trinajstić information content (AvgIpc) is 2.65. The van der Waals surface area contributed by atoms with Gasteiger partial charge in [0.05, 0.1) is 9.90 Å². The number of halogens is 2. The second kappa shape index (κ2) is 4.13. The van der Waals surface area contributed by atoms with Crippen LogP contribution in [0.3, 0.4) is 0 Å². The number of carbonyl (C=O) groups excluding carboxylic acids is 1. The summed E-state index contributed by atoms with van der Waals surface area (Å²) in [5.41, 5.74) is 0.502. The van der Waals surface area contributed by atoms with Gasteiger partial charge in [-0.3, -0.25) is 4.79 Å². The molecule has 0 radical (unpaired) electrons. The fourth-order valence-electron chi connectivity index (χ4n) is 1.23. The molecule has 0 aliphatic rings. The highest BCUT2D eigenvalue weighted by Gasteiger charge is 2.14. The lowest BCUT2D eigenvalue weighted by Crippen LogP contribution is -2.02. The van der Waals surface area contributed by atoms with Crippen LogP contribution in [0.25, 0.3) is 0 Å². The minimum Gasteiger partial charge on any atom is -0.288 e. The zero-order chi connectivity index (χ0) is 10.8. The first kappa shape index (κ1) is 10.3. The molecule has 15 heavy (non-hydrogen) atoms. The van der Waals surface area contributed by atoms with Crippen molar-refractivity contribution >= 4 is 28.7 Å². The summed E-state index contributed by atoms with van der Waals surface area (Å²) in [5.74, 6) is -0.846. The van der Waals surface area contributed by atoms with Gasteiger partial charge in [-0.2, -0.15) is 0 Å². The number of ketones is 1. The lowest BCUT2D eigenvalue weighted by Gasteiger charge is -1.98. The number of carbonyl (C=O) groups is 1. The first-order chi connectivity index (χ1) is 7.18. The molecular formula is C11H6ClFOS. The van der Waals surface area contributed by atoms with Crippen LogP contribution in [0.2, 0.25) is 4.34 Å². The maximum Gasteiger partial charge on any atom is 0.196 e. The van der Waals surface area contributed by atoms with Crippen molar-refractivity contribution in [1.82, 2.24) is 0 Å². The third kappa shape index (κ3) is 2.08. The third-order valence-electron chi connectivity index (χ3n) is 1.95. The van der Waals surface area contributed by atoms with Gasteiger partial charge in [0.2, 0.25) is 0 Å². The molecule has 0 amide bonds. The van der Waals surface area contributed by atoms with Crippen LogP contribution in [0.4, 0.5) is 4.39 Å². The van der Waals surface area contributed by atoms with E-state index in [2.05, 4.69) is 0 Å². The molecule has 2 aromatic rings. The topological polar surface area (TPSA) is 17.1 Å². The maximum absolute atomic E-state index is 13.3. The van der Waals surface area contributed by atoms with Gasteiger partial charge in [-0.15, -0.1) is 11.3 Å². The zero-order valence-corrected chi connectivity index (χ0v) is 9.11. The Morgan fingerprint density at radius 2 is 2.07 bits per heavy atom. The van der Waals surface area contributed by atoms with Crippen molar-refractivity contribution in [3.63, 3.8) is 0 Å². The minimum atomic E-state index is -0.509. The Morgan fingerprint density at radius 3 is 2.67 bits per heavy atom. The second-order valence-corrected chi connectivity index (χ2v) is 4.49. The van der Waals surface area contributed by atoms with Crippen molar-refractivity contribution < 1.29 is 9.18 Å². The molecule has 1 nitrogen and oxygen atoms in total. The van der Waals surface area contributed by atoms with Gasteiger partial charge in [0.25, 0.3) is 0 Å². The number of thiophene rings is 1. The van der Waals surface area contributed by atoms with Gasteiger partial charge in [-0.05, 0) is 18.2 Å². The van der Waals surface area contributed by atoms with Gasteiger partial charge >= 0.3 is 0 Å². The minimum absolute atomic E-state index is 0.0759. The summed E-state index contributed by atoms with van der Waals surface area (Å²) in [6.45, 7) is 0. The van der Waals surface area contributed by atoms with Crippen LogP contribution < -0.4 is 0 Å². The highest BCUT2D eigenvalue weighted by molar-refractivity contribution is 7.14. The van der Waals surface area contributed by atoms with Gasteiger partial charge < -0.3 is 0 Å². The van der Waals surface area contributed by atoms with Crippen molar-refractivity contribution in [2.24, 2.45) is 0 Å². The first-order valence-corrected chi connectivity index (χ1v) is 5.47. The molecule has 76 valence electrons. The van der Waals surface area contributed by atoms with E-state index in [1.807, 2.05) is 0 Å². The quantitative estimate of drug-likeness (QED) is 0.731. The van der Waals surface area contributed by atoms with E-state index in [9.17, 15) is 9.18 Å². The molecule has 1 aromatic carbocycles. The Labute approximate surface area is 95.1 Å². The number of benzene rings is 1. The number of hydrogen-bond donors (Lipinski definition) is 0. The van der Waals surface area contributed by atoms with E-state index >= 15 is 0 Å². The molecule has 1 aromatic heterocycles. The molecule has 0 spiro atoms. The van der Waals surface area contributed by atoms with Gasteiger partial charge in [0, 0.05) is 10.9 Å². The van der Waals surface area contributed by atoms with Crippen molar-refractivity contribution in [1.29, 1.82) is 0 Å². The molecule has 0 aliphatic carbocycles. The first-order valence-electron chi connectivity index (χ1n) is 4.22. The summed E-state index contributed by atoms with van der Waals surface area (Å²) >= 11 is 6.96. The Bertz CT molecular complexity index is 507. The summed E-state index contributed by atoms with van der Waals surface area (Å²) in [4.78, 5) is 11.8. The molecule has 0 saturated carbocycles. The summed E-state index contributed by atoms with van der Waals surface area (Å²) < 4.78 is 13.8. The van der Waals surface area contributed by atoms with E-state index in [1.54, 1.807) is 23.6 Å². The van der Waals surface area contributed by atoms with Crippen LogP contribution in [0.15, 0.2) is 35.7 Å². The average molecular weight is 241 g/mol. The van der Waals surface area contributed by atoms with E-state index in [4.69, 9.17) is 11.6 Å². The Morgan fingerprint density at radius 1 is 1.33 bits per heavy atom. The normalized spacial score (nSPS) is 10.3. The molecule has 0 aliphatic heterocycles. The molecule has 0 N–H and O–H groups in total. The molecule has 4 heteroatoms. The van der Waals surface area contributed by atoms with E-state index in [-0.39, 0.29) is 11.3 Å². The van der Waals surface area contributed by atoms with Gasteiger partial charge in [-0.25, -0.2) is 4.39 Å². The fraction of sp³-hybridized carbons (Fsp3) is 0. The number of hydrogen-bond acceptors (Lipinski definition) is 2. The highest BCUT2D eigenvalue weighted by atomic mass is 35.5. The van der Waals surface area contributed by atoms with Crippen molar-refractivity contribution in [2.75, 3.05) is 0 Å². The van der Waals surface area contributed by atoms with Crippen LogP contribution in [-0.4, -0.2) is 5.78 Å². The van der Waals surface area contributed by atoms with Crippen LogP contribution in [0.1, 0.15) is 15.9 Å². The summed E-state index contributed by atoms with van der Waals surface area (Å²) in [7, 11) is 0. The largest absolute Gasteiger partial charge is 0.288 e. The molecule has 0 atom stereocenters. The fourth-order valence-corrected chi connectivity index (χ4v) is 2.09. The Hall–Kier alpha value is -1.19. The zero-order valence-electron chi connectivity index (χ0n) is 7.54. The lowest BCUT2D eigenvalue weighted by molar-refractivity contribution is 0.103. The van der Waals surface area contributed by atoms with Crippen molar-refractivity contribution in [2.45, 2.75) is 0 Å². The van der Waals surface area contributed by atoms with E-state index in [0.717, 1.165) is 0 Å². The highest BCUT2D eigenvalue weighted by Crippen LogP contribution is 2.22. The standard InChI is InChI=1S/C11H6ClFOS/c12-10-5-7(6-15-10)11(14)8-3-1-2-4-9(8)13/h1-6H. The predicted octanol–water partition coefficient (Wildman–Crippen LogP) is 3.77.